The van der Waals surface area contributed by atoms with Crippen LogP contribution in [0.15, 0.2) is 22.7 Å². The molecule has 1 rings (SSSR count). The molecule has 0 radical (unpaired) electrons. The Bertz CT molecular complexity index is 396. The van der Waals surface area contributed by atoms with Gasteiger partial charge in [-0.25, -0.2) is 0 Å². The Morgan fingerprint density at radius 1 is 1.50 bits per heavy atom. The van der Waals surface area contributed by atoms with Crippen molar-refractivity contribution in [2.75, 3.05) is 7.11 Å². The van der Waals surface area contributed by atoms with E-state index in [4.69, 9.17) is 10.5 Å². The quantitative estimate of drug-likeness (QED) is 0.924. The Morgan fingerprint density at radius 2 is 2.12 bits per heavy atom. The summed E-state index contributed by atoms with van der Waals surface area (Å²) in [6.07, 6.45) is 0.284. The van der Waals surface area contributed by atoms with Gasteiger partial charge in [-0.2, -0.15) is 0 Å². The van der Waals surface area contributed by atoms with Crippen molar-refractivity contribution < 1.29 is 9.53 Å². The van der Waals surface area contributed by atoms with Crippen molar-refractivity contribution in [3.63, 3.8) is 0 Å². The highest BCUT2D eigenvalue weighted by molar-refractivity contribution is 9.10. The van der Waals surface area contributed by atoms with Gasteiger partial charge in [0.15, 0.2) is 5.78 Å². The summed E-state index contributed by atoms with van der Waals surface area (Å²) >= 11 is 3.37. The number of ether oxygens (including phenoxy) is 1. The van der Waals surface area contributed by atoms with Crippen LogP contribution in [-0.2, 0) is 11.2 Å². The second-order valence-electron chi connectivity index (χ2n) is 4.28. The Labute approximate surface area is 104 Å². The number of hydrogen-bond donors (Lipinski definition) is 1. The van der Waals surface area contributed by atoms with Gasteiger partial charge in [0.1, 0.15) is 5.75 Å². The van der Waals surface area contributed by atoms with E-state index in [1.807, 2.05) is 18.2 Å². The van der Waals surface area contributed by atoms with E-state index in [2.05, 4.69) is 15.9 Å². The molecule has 0 aliphatic rings. The summed E-state index contributed by atoms with van der Waals surface area (Å²) in [5, 5.41) is 0. The molecule has 1 aromatic carbocycles. The normalized spacial score (nSPS) is 11.3. The molecule has 1 aromatic rings. The molecule has 0 amide bonds. The number of methoxy groups -OCH3 is 1. The van der Waals surface area contributed by atoms with Crippen LogP contribution in [0.4, 0.5) is 0 Å². The van der Waals surface area contributed by atoms with Gasteiger partial charge in [0, 0.05) is 16.5 Å². The lowest BCUT2D eigenvalue weighted by Gasteiger charge is -2.17. The van der Waals surface area contributed by atoms with Crippen molar-refractivity contribution in [3.8, 4) is 5.75 Å². The van der Waals surface area contributed by atoms with Crippen LogP contribution in [0.5, 0.6) is 5.75 Å². The fourth-order valence-corrected chi connectivity index (χ4v) is 1.69. The van der Waals surface area contributed by atoms with Crippen molar-refractivity contribution in [3.05, 3.63) is 28.2 Å². The van der Waals surface area contributed by atoms with Crippen LogP contribution < -0.4 is 10.5 Å². The molecule has 0 saturated carbocycles. The highest BCUT2D eigenvalue weighted by Crippen LogP contribution is 2.24. The highest BCUT2D eigenvalue weighted by atomic mass is 79.9. The lowest BCUT2D eigenvalue weighted by atomic mass is 9.94. The number of nitrogens with two attached hydrogens (primary N) is 1. The molecule has 0 fully saturated rings. The molecular weight excluding hydrogens is 270 g/mol. The molecule has 0 aromatic heterocycles. The lowest BCUT2D eigenvalue weighted by Crippen LogP contribution is -2.42. The Hall–Kier alpha value is -0.870. The van der Waals surface area contributed by atoms with E-state index in [0.29, 0.717) is 5.75 Å². The van der Waals surface area contributed by atoms with Crippen molar-refractivity contribution in [2.45, 2.75) is 25.8 Å². The molecular formula is C12H16BrNO2. The number of Topliss-reactive ketones (excluding diaryl/α,β-unsaturated/α-hetero) is 1. The predicted molar refractivity (Wildman–Crippen MR) is 67.7 cm³/mol. The summed E-state index contributed by atoms with van der Waals surface area (Å²) in [5.41, 5.74) is 5.79. The van der Waals surface area contributed by atoms with E-state index >= 15 is 0 Å². The molecule has 0 aliphatic carbocycles. The first-order valence-electron chi connectivity index (χ1n) is 4.99. The number of carbonyl (C=O) groups is 1. The molecule has 0 unspecified atom stereocenters. The van der Waals surface area contributed by atoms with Crippen LogP contribution in [0.25, 0.3) is 0 Å². The van der Waals surface area contributed by atoms with Crippen molar-refractivity contribution in [2.24, 2.45) is 5.73 Å². The number of carbonyl (C=O) groups excluding carboxylic acids is 1. The van der Waals surface area contributed by atoms with Crippen molar-refractivity contribution >= 4 is 21.7 Å². The minimum absolute atomic E-state index is 0.0103. The maximum Gasteiger partial charge on any atom is 0.156 e. The fraction of sp³-hybridized carbons (Fsp3) is 0.417. The third-order valence-electron chi connectivity index (χ3n) is 2.31. The summed E-state index contributed by atoms with van der Waals surface area (Å²) in [6.45, 7) is 3.42. The first kappa shape index (κ1) is 13.2. The minimum atomic E-state index is -0.812. The maximum absolute atomic E-state index is 11.8. The molecule has 0 spiro atoms. The van der Waals surface area contributed by atoms with Gasteiger partial charge in [-0.05, 0) is 32.0 Å². The van der Waals surface area contributed by atoms with Gasteiger partial charge in [-0.1, -0.05) is 15.9 Å². The fourth-order valence-electron chi connectivity index (χ4n) is 1.29. The zero-order valence-electron chi connectivity index (χ0n) is 9.71. The molecule has 2 N–H and O–H groups in total. The van der Waals surface area contributed by atoms with Gasteiger partial charge in [0.05, 0.1) is 12.6 Å². The third-order valence-corrected chi connectivity index (χ3v) is 2.81. The molecule has 3 nitrogen and oxygen atoms in total. The van der Waals surface area contributed by atoms with Gasteiger partial charge in [-0.3, -0.25) is 4.79 Å². The molecule has 4 heteroatoms. The monoisotopic (exact) mass is 285 g/mol. The predicted octanol–water partition coefficient (Wildman–Crippen LogP) is 2.31. The van der Waals surface area contributed by atoms with Crippen molar-refractivity contribution in [1.82, 2.24) is 0 Å². The molecule has 0 aliphatic heterocycles. The van der Waals surface area contributed by atoms with E-state index < -0.39 is 5.54 Å². The van der Waals surface area contributed by atoms with E-state index in [0.717, 1.165) is 10.0 Å². The van der Waals surface area contributed by atoms with Crippen LogP contribution in [0, 0.1) is 0 Å². The molecule has 0 heterocycles. The molecule has 0 bridgehead atoms. The average molecular weight is 286 g/mol. The SMILES string of the molecule is COc1ccc(Br)cc1CC(=O)C(C)(C)N. The van der Waals surface area contributed by atoms with Crippen LogP contribution >= 0.6 is 15.9 Å². The van der Waals surface area contributed by atoms with Crippen LogP contribution in [0.2, 0.25) is 0 Å². The summed E-state index contributed by atoms with van der Waals surface area (Å²) in [5.74, 6) is 0.699. The number of halogens is 1. The Morgan fingerprint density at radius 3 is 2.62 bits per heavy atom. The van der Waals surface area contributed by atoms with E-state index in [-0.39, 0.29) is 12.2 Å². The van der Waals surface area contributed by atoms with Crippen LogP contribution in [0.3, 0.4) is 0 Å². The van der Waals surface area contributed by atoms with Crippen molar-refractivity contribution in [1.29, 1.82) is 0 Å². The molecule has 88 valence electrons. The smallest absolute Gasteiger partial charge is 0.156 e. The van der Waals surface area contributed by atoms with Gasteiger partial charge in [0.25, 0.3) is 0 Å². The van der Waals surface area contributed by atoms with Crippen LogP contribution in [0.1, 0.15) is 19.4 Å². The lowest BCUT2D eigenvalue weighted by molar-refractivity contribution is -0.122. The standard InChI is InChI=1S/C12H16BrNO2/c1-12(2,14)11(15)7-8-6-9(13)4-5-10(8)16-3/h4-6H,7,14H2,1-3H3. The number of rotatable bonds is 4. The number of ketones is 1. The van der Waals surface area contributed by atoms with Gasteiger partial charge >= 0.3 is 0 Å². The van der Waals surface area contributed by atoms with E-state index in [1.54, 1.807) is 21.0 Å². The summed E-state index contributed by atoms with van der Waals surface area (Å²) in [4.78, 5) is 11.8. The summed E-state index contributed by atoms with van der Waals surface area (Å²) in [6, 6.07) is 5.58. The molecule has 0 atom stereocenters. The summed E-state index contributed by atoms with van der Waals surface area (Å²) in [7, 11) is 1.59. The second kappa shape index (κ2) is 4.97. The maximum atomic E-state index is 11.8. The summed E-state index contributed by atoms with van der Waals surface area (Å²) < 4.78 is 6.12. The zero-order valence-corrected chi connectivity index (χ0v) is 11.3. The van der Waals surface area contributed by atoms with Gasteiger partial charge < -0.3 is 10.5 Å². The first-order valence-corrected chi connectivity index (χ1v) is 5.78. The first-order chi connectivity index (χ1) is 7.34. The average Bonchev–Trinajstić information content (AvgIpc) is 2.16. The Kier molecular flexibility index (Phi) is 4.10. The van der Waals surface area contributed by atoms with Gasteiger partial charge in [-0.15, -0.1) is 0 Å². The number of hydrogen-bond acceptors (Lipinski definition) is 3. The topological polar surface area (TPSA) is 52.3 Å². The Balaban J connectivity index is 2.96. The molecule has 0 saturated heterocycles. The minimum Gasteiger partial charge on any atom is -0.496 e. The van der Waals surface area contributed by atoms with Gasteiger partial charge in [0.2, 0.25) is 0 Å². The third kappa shape index (κ3) is 3.32. The highest BCUT2D eigenvalue weighted by Gasteiger charge is 2.23. The van der Waals surface area contributed by atoms with E-state index in [9.17, 15) is 4.79 Å². The van der Waals surface area contributed by atoms with Crippen LogP contribution in [-0.4, -0.2) is 18.4 Å². The zero-order chi connectivity index (χ0) is 12.3. The number of benzene rings is 1. The second-order valence-corrected chi connectivity index (χ2v) is 5.19. The van der Waals surface area contributed by atoms with E-state index in [1.165, 1.54) is 0 Å². The molecule has 16 heavy (non-hydrogen) atoms. The largest absolute Gasteiger partial charge is 0.496 e.